The van der Waals surface area contributed by atoms with E-state index in [0.717, 1.165) is 58.7 Å². The molecule has 0 spiro atoms. The maximum Gasteiger partial charge on any atom is 0.270 e. The van der Waals surface area contributed by atoms with Crippen molar-refractivity contribution >= 4 is 17.6 Å². The van der Waals surface area contributed by atoms with Crippen LogP contribution < -0.4 is 10.6 Å². The van der Waals surface area contributed by atoms with Gasteiger partial charge in [0.05, 0.1) is 0 Å². The number of nitrogens with zero attached hydrogens (tertiary/aromatic N) is 5. The Balaban J connectivity index is 1.16. The van der Waals surface area contributed by atoms with Crippen molar-refractivity contribution in [3.63, 3.8) is 0 Å². The molecule has 36 heavy (non-hydrogen) atoms. The van der Waals surface area contributed by atoms with Gasteiger partial charge in [-0.3, -0.25) is 19.4 Å². The van der Waals surface area contributed by atoms with Gasteiger partial charge in [0.25, 0.3) is 5.91 Å². The molecule has 0 radical (unpaired) electrons. The molecular weight excluding hydrogens is 454 g/mol. The molecule has 0 unspecified atom stereocenters. The van der Waals surface area contributed by atoms with Gasteiger partial charge in [0.1, 0.15) is 17.8 Å². The molecule has 3 aliphatic rings. The highest BCUT2D eigenvalue weighted by Gasteiger charge is 2.28. The molecule has 9 heteroatoms. The van der Waals surface area contributed by atoms with Gasteiger partial charge >= 0.3 is 0 Å². The van der Waals surface area contributed by atoms with Crippen molar-refractivity contribution < 1.29 is 9.59 Å². The molecule has 2 fully saturated rings. The van der Waals surface area contributed by atoms with Crippen LogP contribution in [0.3, 0.4) is 0 Å². The summed E-state index contributed by atoms with van der Waals surface area (Å²) in [5.41, 5.74) is 3.20. The average molecular weight is 492 g/mol. The van der Waals surface area contributed by atoms with E-state index in [0.29, 0.717) is 18.1 Å². The summed E-state index contributed by atoms with van der Waals surface area (Å²) in [6.07, 6.45) is 5.61. The molecular formula is C27H37N7O2. The van der Waals surface area contributed by atoms with E-state index >= 15 is 0 Å². The molecule has 0 aliphatic carbocycles. The minimum Gasteiger partial charge on any atom is -0.367 e. The standard InChI is InChI=1S/C27H37N7O2/c1-20(35)33-12-8-23(9-13-33)31-26-14-25(29-19-30-26)27(36)28-15-24(34-10-4-5-11-34)18-32-16-21-6-2-3-7-22(21)17-32/h2-3,6-7,14,19,23-24H,4-5,8-13,15-18H2,1H3,(H,28,36)(H,29,30,31)/t24-/m0/s1. The van der Waals surface area contributed by atoms with E-state index in [-0.39, 0.29) is 23.9 Å². The lowest BCUT2D eigenvalue weighted by molar-refractivity contribution is -0.129. The van der Waals surface area contributed by atoms with Crippen LogP contribution in [0.5, 0.6) is 0 Å². The number of nitrogens with one attached hydrogen (secondary N) is 2. The third-order valence-electron chi connectivity index (χ3n) is 7.72. The van der Waals surface area contributed by atoms with Crippen LogP contribution >= 0.6 is 0 Å². The van der Waals surface area contributed by atoms with Crippen LogP contribution in [0.4, 0.5) is 5.82 Å². The Morgan fingerprint density at radius 1 is 1.03 bits per heavy atom. The summed E-state index contributed by atoms with van der Waals surface area (Å²) in [6, 6.07) is 10.9. The molecule has 0 bridgehead atoms. The van der Waals surface area contributed by atoms with Crippen molar-refractivity contribution in [1.82, 2.24) is 30.0 Å². The third-order valence-corrected chi connectivity index (χ3v) is 7.72. The number of hydrogen-bond acceptors (Lipinski definition) is 7. The van der Waals surface area contributed by atoms with Crippen molar-refractivity contribution in [2.24, 2.45) is 0 Å². The topological polar surface area (TPSA) is 93.7 Å². The quantitative estimate of drug-likeness (QED) is 0.584. The lowest BCUT2D eigenvalue weighted by Crippen LogP contribution is -2.48. The highest BCUT2D eigenvalue weighted by Crippen LogP contribution is 2.24. The highest BCUT2D eigenvalue weighted by molar-refractivity contribution is 5.92. The molecule has 3 aliphatic heterocycles. The van der Waals surface area contributed by atoms with Gasteiger partial charge in [0.2, 0.25) is 5.91 Å². The molecule has 2 aromatic rings. The minimum atomic E-state index is -0.166. The highest BCUT2D eigenvalue weighted by atomic mass is 16.2. The Kier molecular flexibility index (Phi) is 7.77. The van der Waals surface area contributed by atoms with Crippen LogP contribution in [0, 0.1) is 0 Å². The summed E-state index contributed by atoms with van der Waals surface area (Å²) >= 11 is 0. The maximum absolute atomic E-state index is 13.0. The van der Waals surface area contributed by atoms with Gasteiger partial charge in [-0.25, -0.2) is 9.97 Å². The number of likely N-dealkylation sites (tertiary alicyclic amines) is 2. The van der Waals surface area contributed by atoms with Gasteiger partial charge in [-0.15, -0.1) is 0 Å². The monoisotopic (exact) mass is 491 g/mol. The number of carbonyl (C=O) groups excluding carboxylic acids is 2. The Labute approximate surface area is 213 Å². The number of fused-ring (bicyclic) bond motifs is 1. The van der Waals surface area contributed by atoms with Crippen molar-refractivity contribution in [3.05, 3.63) is 53.5 Å². The first-order chi connectivity index (χ1) is 17.5. The molecule has 2 amide bonds. The minimum absolute atomic E-state index is 0.121. The second-order valence-corrected chi connectivity index (χ2v) is 10.3. The summed E-state index contributed by atoms with van der Waals surface area (Å²) in [5.74, 6) is 0.610. The predicted octanol–water partition coefficient (Wildman–Crippen LogP) is 2.11. The van der Waals surface area contributed by atoms with E-state index in [9.17, 15) is 9.59 Å². The van der Waals surface area contributed by atoms with E-state index in [2.05, 4.69) is 54.7 Å². The van der Waals surface area contributed by atoms with Crippen LogP contribution in [0.2, 0.25) is 0 Å². The predicted molar refractivity (Wildman–Crippen MR) is 138 cm³/mol. The molecule has 2 N–H and O–H groups in total. The van der Waals surface area contributed by atoms with Crippen LogP contribution in [0.1, 0.15) is 54.2 Å². The maximum atomic E-state index is 13.0. The molecule has 5 rings (SSSR count). The SMILES string of the molecule is CC(=O)N1CCC(Nc2cc(C(=O)NC[C@@H](CN3Cc4ccccc4C3)N3CCCC3)ncn2)CC1. The molecule has 192 valence electrons. The first kappa shape index (κ1) is 24.6. The lowest BCUT2D eigenvalue weighted by atomic mass is 10.1. The van der Waals surface area contributed by atoms with E-state index in [1.165, 1.54) is 30.3 Å². The van der Waals surface area contributed by atoms with Crippen LogP contribution in [0.25, 0.3) is 0 Å². The molecule has 9 nitrogen and oxygen atoms in total. The van der Waals surface area contributed by atoms with Crippen molar-refractivity contribution in [2.75, 3.05) is 44.6 Å². The summed E-state index contributed by atoms with van der Waals surface area (Å²) in [7, 11) is 0. The third kappa shape index (κ3) is 6.02. The zero-order valence-corrected chi connectivity index (χ0v) is 21.2. The smallest absolute Gasteiger partial charge is 0.270 e. The van der Waals surface area contributed by atoms with Gasteiger partial charge in [-0.2, -0.15) is 0 Å². The Morgan fingerprint density at radius 3 is 2.39 bits per heavy atom. The zero-order chi connectivity index (χ0) is 24.9. The van der Waals surface area contributed by atoms with Gasteiger partial charge < -0.3 is 15.5 Å². The first-order valence-electron chi connectivity index (χ1n) is 13.2. The normalized spacial score (nSPS) is 19.8. The fourth-order valence-corrected chi connectivity index (χ4v) is 5.66. The van der Waals surface area contributed by atoms with E-state index < -0.39 is 0 Å². The van der Waals surface area contributed by atoms with Gasteiger partial charge in [0.15, 0.2) is 0 Å². The van der Waals surface area contributed by atoms with Crippen LogP contribution in [-0.4, -0.2) is 87.8 Å². The Hall–Kier alpha value is -3.04. The second kappa shape index (κ2) is 11.3. The molecule has 1 atom stereocenters. The van der Waals surface area contributed by atoms with E-state index in [1.807, 2.05) is 4.90 Å². The van der Waals surface area contributed by atoms with Crippen LogP contribution in [0.15, 0.2) is 36.7 Å². The van der Waals surface area contributed by atoms with Crippen molar-refractivity contribution in [1.29, 1.82) is 0 Å². The number of piperidine rings is 1. The molecule has 2 saturated heterocycles. The van der Waals surface area contributed by atoms with Crippen molar-refractivity contribution in [3.8, 4) is 0 Å². The number of benzene rings is 1. The second-order valence-electron chi connectivity index (χ2n) is 10.3. The van der Waals surface area contributed by atoms with Crippen molar-refractivity contribution in [2.45, 2.75) is 57.8 Å². The van der Waals surface area contributed by atoms with Gasteiger partial charge in [0, 0.05) is 64.3 Å². The number of rotatable bonds is 8. The number of aromatic nitrogens is 2. The van der Waals surface area contributed by atoms with E-state index in [1.54, 1.807) is 13.0 Å². The first-order valence-corrected chi connectivity index (χ1v) is 13.2. The number of anilines is 1. The fourth-order valence-electron chi connectivity index (χ4n) is 5.66. The number of amides is 2. The number of hydrogen-bond donors (Lipinski definition) is 2. The number of carbonyl (C=O) groups is 2. The molecule has 1 aromatic carbocycles. The molecule has 0 saturated carbocycles. The molecule has 1 aromatic heterocycles. The van der Waals surface area contributed by atoms with Crippen LogP contribution in [-0.2, 0) is 17.9 Å². The Morgan fingerprint density at radius 2 is 1.72 bits per heavy atom. The van der Waals surface area contributed by atoms with Gasteiger partial charge in [-0.1, -0.05) is 24.3 Å². The largest absolute Gasteiger partial charge is 0.367 e. The summed E-state index contributed by atoms with van der Waals surface area (Å²) < 4.78 is 0. The average Bonchev–Trinajstić information content (AvgIpc) is 3.57. The summed E-state index contributed by atoms with van der Waals surface area (Å²) in [6.45, 7) is 8.75. The van der Waals surface area contributed by atoms with Gasteiger partial charge in [-0.05, 0) is 49.9 Å². The zero-order valence-electron chi connectivity index (χ0n) is 21.2. The Bertz CT molecular complexity index is 1040. The fraction of sp³-hybridized carbons (Fsp3) is 0.556. The lowest BCUT2D eigenvalue weighted by Gasteiger charge is -2.32. The van der Waals surface area contributed by atoms with E-state index in [4.69, 9.17) is 0 Å². The summed E-state index contributed by atoms with van der Waals surface area (Å²) in [4.78, 5) is 40.0. The summed E-state index contributed by atoms with van der Waals surface area (Å²) in [5, 5.41) is 6.57. The molecule has 4 heterocycles.